The molecule has 0 fully saturated rings. The van der Waals surface area contributed by atoms with Crippen molar-refractivity contribution in [2.75, 3.05) is 6.54 Å². The molecule has 18 heavy (non-hydrogen) atoms. The highest BCUT2D eigenvalue weighted by Gasteiger charge is 2.20. The monoisotopic (exact) mass is 315 g/mol. The van der Waals surface area contributed by atoms with E-state index in [0.29, 0.717) is 18.5 Å². The van der Waals surface area contributed by atoms with Crippen LogP contribution in [0.2, 0.25) is 0 Å². The van der Waals surface area contributed by atoms with Gasteiger partial charge in [0.15, 0.2) is 0 Å². The molecule has 0 heterocycles. The lowest BCUT2D eigenvalue weighted by Crippen LogP contribution is -2.27. The van der Waals surface area contributed by atoms with E-state index in [4.69, 9.17) is 0 Å². The molecule has 2 unspecified atom stereocenters. The highest BCUT2D eigenvalue weighted by molar-refractivity contribution is 9.10. The maximum absolute atomic E-state index is 10.7. The lowest BCUT2D eigenvalue weighted by Gasteiger charge is -2.19. The molecule has 1 rings (SSSR count). The summed E-state index contributed by atoms with van der Waals surface area (Å²) in [6.45, 7) is 3.71. The number of carbonyl (C=O) groups is 1. The molecule has 0 aliphatic heterocycles. The summed E-state index contributed by atoms with van der Waals surface area (Å²) in [4.78, 5) is 10.7. The molecular formula is C13H18BrNO3. The van der Waals surface area contributed by atoms with Crippen molar-refractivity contribution in [2.24, 2.45) is 0 Å². The van der Waals surface area contributed by atoms with Gasteiger partial charge < -0.3 is 15.5 Å². The first-order chi connectivity index (χ1) is 8.41. The highest BCUT2D eigenvalue weighted by atomic mass is 79.9. The number of aliphatic hydroxyl groups is 2. The van der Waals surface area contributed by atoms with Crippen LogP contribution in [0, 0.1) is 6.92 Å². The fourth-order valence-electron chi connectivity index (χ4n) is 1.63. The summed E-state index contributed by atoms with van der Waals surface area (Å²) in [5, 5.41) is 22.5. The van der Waals surface area contributed by atoms with Gasteiger partial charge in [-0.2, -0.15) is 0 Å². The molecule has 4 nitrogen and oxygen atoms in total. The number of hydrogen-bond donors (Lipinski definition) is 3. The van der Waals surface area contributed by atoms with Crippen LogP contribution in [-0.2, 0) is 4.79 Å². The van der Waals surface area contributed by atoms with Gasteiger partial charge in [0.2, 0.25) is 5.91 Å². The van der Waals surface area contributed by atoms with Gasteiger partial charge in [-0.1, -0.05) is 28.1 Å². The third-order valence-electron chi connectivity index (χ3n) is 2.65. The van der Waals surface area contributed by atoms with Crippen molar-refractivity contribution in [3.63, 3.8) is 0 Å². The number of aliphatic hydroxyl groups excluding tert-OH is 2. The fraction of sp³-hybridized carbons (Fsp3) is 0.462. The average molecular weight is 316 g/mol. The number of amides is 1. The number of benzene rings is 1. The summed E-state index contributed by atoms with van der Waals surface area (Å²) in [7, 11) is 0. The van der Waals surface area contributed by atoms with E-state index in [0.717, 1.165) is 10.0 Å². The van der Waals surface area contributed by atoms with Crippen molar-refractivity contribution in [3.8, 4) is 0 Å². The van der Waals surface area contributed by atoms with E-state index >= 15 is 0 Å². The van der Waals surface area contributed by atoms with Crippen molar-refractivity contribution in [3.05, 3.63) is 33.8 Å². The predicted molar refractivity (Wildman–Crippen MR) is 73.1 cm³/mol. The average Bonchev–Trinajstić information content (AvgIpc) is 2.27. The Kier molecular flexibility index (Phi) is 5.78. The van der Waals surface area contributed by atoms with Crippen LogP contribution >= 0.6 is 15.9 Å². The van der Waals surface area contributed by atoms with Crippen LogP contribution < -0.4 is 5.32 Å². The number of aryl methyl sites for hydroxylation is 1. The standard InChI is InChI=1S/C13H18BrNO3/c1-8-3-4-10(11(14)7-8)13(18)12(17)5-6-15-9(2)16/h3-4,7,12-13,17-18H,5-6H2,1-2H3,(H,15,16). The second-order valence-electron chi connectivity index (χ2n) is 4.31. The second kappa shape index (κ2) is 6.87. The van der Waals surface area contributed by atoms with Crippen LogP contribution in [0.1, 0.15) is 30.6 Å². The molecule has 1 amide bonds. The van der Waals surface area contributed by atoms with Crippen LogP contribution in [0.3, 0.4) is 0 Å². The molecule has 0 aliphatic rings. The van der Waals surface area contributed by atoms with E-state index in [-0.39, 0.29) is 5.91 Å². The predicted octanol–water partition coefficient (Wildman–Crippen LogP) is 1.68. The fourth-order valence-corrected chi connectivity index (χ4v) is 2.36. The Morgan fingerprint density at radius 1 is 1.44 bits per heavy atom. The van der Waals surface area contributed by atoms with E-state index in [1.54, 1.807) is 6.07 Å². The number of halogens is 1. The van der Waals surface area contributed by atoms with Gasteiger partial charge in [-0.15, -0.1) is 0 Å². The summed E-state index contributed by atoms with van der Waals surface area (Å²) in [5.74, 6) is -0.145. The third-order valence-corrected chi connectivity index (χ3v) is 3.34. The maximum Gasteiger partial charge on any atom is 0.216 e. The minimum absolute atomic E-state index is 0.145. The molecule has 0 radical (unpaired) electrons. The Labute approximate surface area is 115 Å². The molecule has 1 aromatic rings. The zero-order chi connectivity index (χ0) is 13.7. The third kappa shape index (κ3) is 4.40. The second-order valence-corrected chi connectivity index (χ2v) is 5.16. The van der Waals surface area contributed by atoms with Crippen LogP contribution in [0.25, 0.3) is 0 Å². The number of carbonyl (C=O) groups excluding carboxylic acids is 1. The summed E-state index contributed by atoms with van der Waals surface area (Å²) < 4.78 is 0.772. The molecule has 0 aliphatic carbocycles. The molecular weight excluding hydrogens is 298 g/mol. The smallest absolute Gasteiger partial charge is 0.216 e. The van der Waals surface area contributed by atoms with Gasteiger partial charge in [0.1, 0.15) is 6.10 Å². The SMILES string of the molecule is CC(=O)NCCC(O)C(O)c1ccc(C)cc1Br. The summed E-state index contributed by atoms with van der Waals surface area (Å²) in [6.07, 6.45) is -1.56. The van der Waals surface area contributed by atoms with Crippen LogP contribution in [-0.4, -0.2) is 28.8 Å². The maximum atomic E-state index is 10.7. The highest BCUT2D eigenvalue weighted by Crippen LogP contribution is 2.27. The van der Waals surface area contributed by atoms with Gasteiger partial charge in [0.05, 0.1) is 6.10 Å². The van der Waals surface area contributed by atoms with Gasteiger partial charge in [0.25, 0.3) is 0 Å². The Morgan fingerprint density at radius 3 is 2.67 bits per heavy atom. The van der Waals surface area contributed by atoms with Crippen LogP contribution in [0.4, 0.5) is 0 Å². The Balaban J connectivity index is 2.62. The topological polar surface area (TPSA) is 69.6 Å². The largest absolute Gasteiger partial charge is 0.390 e. The Bertz CT molecular complexity index is 423. The molecule has 0 saturated heterocycles. The van der Waals surface area contributed by atoms with Crippen molar-refractivity contribution in [2.45, 2.75) is 32.5 Å². The first-order valence-corrected chi connectivity index (χ1v) is 6.57. The Hall–Kier alpha value is -0.910. The van der Waals surface area contributed by atoms with Gasteiger partial charge in [-0.25, -0.2) is 0 Å². The van der Waals surface area contributed by atoms with Gasteiger partial charge in [-0.3, -0.25) is 4.79 Å². The Morgan fingerprint density at radius 2 is 2.11 bits per heavy atom. The first-order valence-electron chi connectivity index (χ1n) is 5.78. The van der Waals surface area contributed by atoms with E-state index in [2.05, 4.69) is 21.2 Å². The van der Waals surface area contributed by atoms with Crippen molar-refractivity contribution in [1.29, 1.82) is 0 Å². The molecule has 0 spiro atoms. The molecule has 5 heteroatoms. The molecule has 0 saturated carbocycles. The molecule has 0 bridgehead atoms. The molecule has 0 aromatic heterocycles. The molecule has 2 atom stereocenters. The van der Waals surface area contributed by atoms with Crippen LogP contribution in [0.5, 0.6) is 0 Å². The molecule has 3 N–H and O–H groups in total. The number of rotatable bonds is 5. The quantitative estimate of drug-likeness (QED) is 0.774. The first kappa shape index (κ1) is 15.1. The minimum Gasteiger partial charge on any atom is -0.390 e. The molecule has 100 valence electrons. The van der Waals surface area contributed by atoms with E-state index in [1.165, 1.54) is 6.92 Å². The van der Waals surface area contributed by atoms with Gasteiger partial charge in [-0.05, 0) is 30.5 Å². The summed E-state index contributed by atoms with van der Waals surface area (Å²) >= 11 is 3.37. The lowest BCUT2D eigenvalue weighted by atomic mass is 10.0. The zero-order valence-corrected chi connectivity index (χ0v) is 12.1. The summed E-state index contributed by atoms with van der Waals surface area (Å²) in [6, 6.07) is 5.55. The number of nitrogens with one attached hydrogen (secondary N) is 1. The van der Waals surface area contributed by atoms with Crippen molar-refractivity contribution in [1.82, 2.24) is 5.32 Å². The number of hydrogen-bond acceptors (Lipinski definition) is 3. The summed E-state index contributed by atoms with van der Waals surface area (Å²) in [5.41, 5.74) is 1.72. The van der Waals surface area contributed by atoms with E-state index in [1.807, 2.05) is 19.1 Å². The van der Waals surface area contributed by atoms with Gasteiger partial charge >= 0.3 is 0 Å². The van der Waals surface area contributed by atoms with Gasteiger partial charge in [0, 0.05) is 17.9 Å². The lowest BCUT2D eigenvalue weighted by molar-refractivity contribution is -0.119. The van der Waals surface area contributed by atoms with E-state index in [9.17, 15) is 15.0 Å². The zero-order valence-electron chi connectivity index (χ0n) is 10.5. The van der Waals surface area contributed by atoms with Crippen molar-refractivity contribution < 1.29 is 15.0 Å². The van der Waals surface area contributed by atoms with Crippen LogP contribution in [0.15, 0.2) is 22.7 Å². The molecule has 1 aromatic carbocycles. The van der Waals surface area contributed by atoms with E-state index < -0.39 is 12.2 Å². The normalized spacial score (nSPS) is 14.1. The van der Waals surface area contributed by atoms with Crippen molar-refractivity contribution >= 4 is 21.8 Å². The minimum atomic E-state index is -0.964.